The van der Waals surface area contributed by atoms with E-state index in [1.165, 1.54) is 16.4 Å². The standard InChI is InChI=1S/C21H22ClN5O4S/c22-16-7-6-15(14-18(16)32(29,30)25-10-12-31-13-11-25)21(28)26-9-3-4-17(26)20-24-23-19-5-1-2-8-27(19)20/h1-2,5-8,14,17H,3-4,9-13H2/t17-/m1/s1. The van der Waals surface area contributed by atoms with Crippen LogP contribution in [0.25, 0.3) is 5.65 Å². The fraction of sp³-hybridized carbons (Fsp3) is 0.381. The Morgan fingerprint density at radius 1 is 1.09 bits per heavy atom. The number of halogens is 1. The lowest BCUT2D eigenvalue weighted by Crippen LogP contribution is -2.40. The summed E-state index contributed by atoms with van der Waals surface area (Å²) in [4.78, 5) is 15.1. The molecule has 0 radical (unpaired) electrons. The number of hydrogen-bond acceptors (Lipinski definition) is 6. The van der Waals surface area contributed by atoms with Gasteiger partial charge in [0.05, 0.1) is 24.3 Å². The van der Waals surface area contributed by atoms with Crippen LogP contribution in [0.1, 0.15) is 35.1 Å². The molecule has 0 aliphatic carbocycles. The largest absolute Gasteiger partial charge is 0.379 e. The van der Waals surface area contributed by atoms with Crippen molar-refractivity contribution in [2.75, 3.05) is 32.8 Å². The zero-order valence-corrected chi connectivity index (χ0v) is 18.8. The summed E-state index contributed by atoms with van der Waals surface area (Å²) in [7, 11) is -3.83. The highest BCUT2D eigenvalue weighted by Gasteiger charge is 2.35. The van der Waals surface area contributed by atoms with Gasteiger partial charge in [-0.1, -0.05) is 17.7 Å². The SMILES string of the molecule is O=C(c1ccc(Cl)c(S(=O)(=O)N2CCOCC2)c1)N1CCC[C@@H]1c1nnc2ccccn12. The van der Waals surface area contributed by atoms with Gasteiger partial charge in [0.2, 0.25) is 10.0 Å². The summed E-state index contributed by atoms with van der Waals surface area (Å²) in [5.74, 6) is 0.442. The third-order valence-corrected chi connectivity index (χ3v) is 8.30. The minimum Gasteiger partial charge on any atom is -0.379 e. The number of carbonyl (C=O) groups excluding carboxylic acids is 1. The maximum Gasteiger partial charge on any atom is 0.254 e. The molecule has 3 aromatic rings. The van der Waals surface area contributed by atoms with E-state index in [-0.39, 0.29) is 40.5 Å². The third-order valence-electron chi connectivity index (χ3n) is 5.92. The highest BCUT2D eigenvalue weighted by atomic mass is 35.5. The molecule has 2 saturated heterocycles. The van der Waals surface area contributed by atoms with Crippen LogP contribution in [0.4, 0.5) is 0 Å². The van der Waals surface area contributed by atoms with E-state index < -0.39 is 10.0 Å². The van der Waals surface area contributed by atoms with Crippen LogP contribution in [0.15, 0.2) is 47.5 Å². The third kappa shape index (κ3) is 3.66. The molecule has 0 unspecified atom stereocenters. The number of rotatable bonds is 4. The predicted molar refractivity (Wildman–Crippen MR) is 117 cm³/mol. The number of carbonyl (C=O) groups is 1. The van der Waals surface area contributed by atoms with E-state index in [9.17, 15) is 13.2 Å². The van der Waals surface area contributed by atoms with E-state index in [0.717, 1.165) is 12.8 Å². The number of hydrogen-bond donors (Lipinski definition) is 0. The van der Waals surface area contributed by atoms with E-state index in [2.05, 4.69) is 10.2 Å². The van der Waals surface area contributed by atoms with Crippen LogP contribution in [0, 0.1) is 0 Å². The van der Waals surface area contributed by atoms with Gasteiger partial charge in [-0.25, -0.2) is 8.42 Å². The highest BCUT2D eigenvalue weighted by molar-refractivity contribution is 7.89. The minimum atomic E-state index is -3.83. The number of likely N-dealkylation sites (tertiary alicyclic amines) is 1. The lowest BCUT2D eigenvalue weighted by Gasteiger charge is -2.27. The topological polar surface area (TPSA) is 97.1 Å². The van der Waals surface area contributed by atoms with Gasteiger partial charge < -0.3 is 9.64 Å². The van der Waals surface area contributed by atoms with Crippen molar-refractivity contribution in [3.05, 3.63) is 59.0 Å². The van der Waals surface area contributed by atoms with Crippen molar-refractivity contribution in [3.8, 4) is 0 Å². The summed E-state index contributed by atoms with van der Waals surface area (Å²) in [5, 5.41) is 8.61. The van der Waals surface area contributed by atoms with Crippen molar-refractivity contribution in [1.29, 1.82) is 0 Å². The number of fused-ring (bicyclic) bond motifs is 1. The van der Waals surface area contributed by atoms with E-state index in [1.54, 1.807) is 11.0 Å². The summed E-state index contributed by atoms with van der Waals surface area (Å²) in [6.07, 6.45) is 3.46. The highest BCUT2D eigenvalue weighted by Crippen LogP contribution is 2.34. The molecule has 11 heteroatoms. The molecule has 2 aliphatic heterocycles. The molecule has 2 fully saturated rings. The number of amides is 1. The fourth-order valence-corrected chi connectivity index (χ4v) is 6.20. The van der Waals surface area contributed by atoms with E-state index in [4.69, 9.17) is 16.3 Å². The quantitative estimate of drug-likeness (QED) is 0.574. The van der Waals surface area contributed by atoms with Crippen LogP contribution in [0.5, 0.6) is 0 Å². The number of ether oxygens (including phenoxy) is 1. The molecule has 2 aliphatic rings. The molecule has 1 atom stereocenters. The summed E-state index contributed by atoms with van der Waals surface area (Å²) in [6, 6.07) is 9.82. The molecule has 168 valence electrons. The molecule has 32 heavy (non-hydrogen) atoms. The number of aromatic nitrogens is 3. The van der Waals surface area contributed by atoms with E-state index in [1.807, 2.05) is 28.8 Å². The second-order valence-corrected chi connectivity index (χ2v) is 10.1. The second-order valence-electron chi connectivity index (χ2n) is 7.81. The minimum absolute atomic E-state index is 0.0596. The Bertz CT molecular complexity index is 1270. The van der Waals surface area contributed by atoms with Gasteiger partial charge in [0.15, 0.2) is 11.5 Å². The Hall–Kier alpha value is -2.53. The Labute approximate surface area is 190 Å². The fourth-order valence-electron chi connectivity index (χ4n) is 4.29. The van der Waals surface area contributed by atoms with Gasteiger partial charge >= 0.3 is 0 Å². The van der Waals surface area contributed by atoms with Gasteiger partial charge in [-0.2, -0.15) is 4.31 Å². The van der Waals surface area contributed by atoms with Crippen LogP contribution < -0.4 is 0 Å². The number of sulfonamides is 1. The van der Waals surface area contributed by atoms with Gasteiger partial charge in [-0.3, -0.25) is 9.20 Å². The molecule has 2 aromatic heterocycles. The molecule has 0 bridgehead atoms. The molecule has 5 rings (SSSR count). The van der Waals surface area contributed by atoms with Crippen molar-refractivity contribution in [3.63, 3.8) is 0 Å². The Morgan fingerprint density at radius 2 is 1.91 bits per heavy atom. The summed E-state index contributed by atoms with van der Waals surface area (Å²) < 4.78 is 34.8. The molecule has 0 saturated carbocycles. The number of morpholine rings is 1. The van der Waals surface area contributed by atoms with Gasteiger partial charge in [-0.05, 0) is 43.2 Å². The molecule has 4 heterocycles. The zero-order chi connectivity index (χ0) is 22.3. The molecule has 9 nitrogen and oxygen atoms in total. The van der Waals surface area contributed by atoms with Crippen LogP contribution in [-0.2, 0) is 14.8 Å². The van der Waals surface area contributed by atoms with Gasteiger partial charge in [-0.15, -0.1) is 10.2 Å². The summed E-state index contributed by atoms with van der Waals surface area (Å²) >= 11 is 6.26. The first-order valence-corrected chi connectivity index (χ1v) is 12.3. The maximum absolute atomic E-state index is 13.5. The lowest BCUT2D eigenvalue weighted by molar-refractivity contribution is 0.0725. The van der Waals surface area contributed by atoms with Crippen molar-refractivity contribution < 1.29 is 17.9 Å². The first-order valence-electron chi connectivity index (χ1n) is 10.4. The summed E-state index contributed by atoms with van der Waals surface area (Å²) in [6.45, 7) is 1.73. The van der Waals surface area contributed by atoms with Gasteiger partial charge in [0, 0.05) is 31.4 Å². The number of benzene rings is 1. The van der Waals surface area contributed by atoms with Crippen molar-refractivity contribution >= 4 is 33.2 Å². The molecule has 0 spiro atoms. The maximum atomic E-state index is 13.5. The molecule has 0 N–H and O–H groups in total. The Balaban J connectivity index is 1.47. The predicted octanol–water partition coefficient (Wildman–Crippen LogP) is 2.38. The number of nitrogens with zero attached hydrogens (tertiary/aromatic N) is 5. The van der Waals surface area contributed by atoms with Crippen LogP contribution in [-0.4, -0.2) is 71.0 Å². The number of pyridine rings is 1. The normalized spacial score (nSPS) is 20.2. The van der Waals surface area contributed by atoms with Crippen molar-refractivity contribution in [1.82, 2.24) is 23.8 Å². The molecule has 1 amide bonds. The van der Waals surface area contributed by atoms with Crippen LogP contribution >= 0.6 is 11.6 Å². The van der Waals surface area contributed by atoms with Crippen molar-refractivity contribution in [2.24, 2.45) is 0 Å². The van der Waals surface area contributed by atoms with Crippen molar-refractivity contribution in [2.45, 2.75) is 23.8 Å². The summed E-state index contributed by atoms with van der Waals surface area (Å²) in [5.41, 5.74) is 0.995. The van der Waals surface area contributed by atoms with E-state index in [0.29, 0.717) is 31.2 Å². The molecular weight excluding hydrogens is 454 g/mol. The van der Waals surface area contributed by atoms with Crippen LogP contribution in [0.3, 0.4) is 0 Å². The monoisotopic (exact) mass is 475 g/mol. The second kappa shape index (κ2) is 8.43. The molecule has 1 aromatic carbocycles. The Kier molecular flexibility index (Phi) is 5.62. The smallest absolute Gasteiger partial charge is 0.254 e. The average molecular weight is 476 g/mol. The van der Waals surface area contributed by atoms with E-state index >= 15 is 0 Å². The van der Waals surface area contributed by atoms with Gasteiger partial charge in [0.1, 0.15) is 4.90 Å². The van der Waals surface area contributed by atoms with Gasteiger partial charge in [0.25, 0.3) is 5.91 Å². The average Bonchev–Trinajstić information content (AvgIpc) is 3.46. The Morgan fingerprint density at radius 3 is 2.72 bits per heavy atom. The van der Waals surface area contributed by atoms with Crippen LogP contribution in [0.2, 0.25) is 5.02 Å². The first kappa shape index (κ1) is 21.3. The zero-order valence-electron chi connectivity index (χ0n) is 17.2. The molecular formula is C21H22ClN5O4S. The first-order chi connectivity index (χ1) is 15.5. The lowest BCUT2D eigenvalue weighted by atomic mass is 10.1.